The lowest BCUT2D eigenvalue weighted by Gasteiger charge is -2.14. The van der Waals surface area contributed by atoms with E-state index < -0.39 is 11.5 Å². The van der Waals surface area contributed by atoms with Crippen LogP contribution in [0.5, 0.6) is 11.5 Å². The fraction of sp³-hybridized carbons (Fsp3) is 0.421. The minimum Gasteiger partial charge on any atom is -0.493 e. The number of H-pyrrole nitrogens is 1. The molecule has 1 saturated heterocycles. The van der Waals surface area contributed by atoms with Crippen LogP contribution in [-0.4, -0.2) is 60.4 Å². The van der Waals surface area contributed by atoms with E-state index in [2.05, 4.69) is 20.2 Å². The fourth-order valence-corrected chi connectivity index (χ4v) is 3.97. The van der Waals surface area contributed by atoms with Crippen LogP contribution in [0.3, 0.4) is 0 Å². The van der Waals surface area contributed by atoms with E-state index in [9.17, 15) is 9.59 Å². The first-order valence-electron chi connectivity index (χ1n) is 9.30. The predicted molar refractivity (Wildman–Crippen MR) is 113 cm³/mol. The monoisotopic (exact) mass is 419 g/mol. The molecule has 1 fully saturated rings. The van der Waals surface area contributed by atoms with Gasteiger partial charge in [-0.15, -0.1) is 0 Å². The third-order valence-corrected chi connectivity index (χ3v) is 5.51. The largest absolute Gasteiger partial charge is 0.493 e. The molecule has 156 valence electrons. The molecule has 0 radical (unpaired) electrons. The second-order valence-corrected chi connectivity index (χ2v) is 7.64. The van der Waals surface area contributed by atoms with Gasteiger partial charge in [0.1, 0.15) is 5.69 Å². The second kappa shape index (κ2) is 9.66. The van der Waals surface area contributed by atoms with E-state index in [0.717, 1.165) is 25.4 Å². The Bertz CT molecular complexity index is 927. The van der Waals surface area contributed by atoms with Crippen molar-refractivity contribution in [2.24, 2.45) is 0 Å². The number of rotatable bonds is 8. The number of nitrogens with two attached hydrogens (primary N) is 1. The fourth-order valence-electron chi connectivity index (χ4n) is 3.10. The van der Waals surface area contributed by atoms with Crippen LogP contribution in [0.15, 0.2) is 28.2 Å². The van der Waals surface area contributed by atoms with Crippen LogP contribution >= 0.6 is 11.8 Å². The number of hydrogen-bond acceptors (Lipinski definition) is 8. The molecule has 10 heteroatoms. The van der Waals surface area contributed by atoms with Gasteiger partial charge in [0.2, 0.25) is 0 Å². The van der Waals surface area contributed by atoms with E-state index in [1.165, 1.54) is 44.9 Å². The van der Waals surface area contributed by atoms with Crippen molar-refractivity contribution in [3.05, 3.63) is 34.1 Å². The minimum atomic E-state index is -0.501. The molecule has 2 heterocycles. The van der Waals surface area contributed by atoms with E-state index in [1.807, 2.05) is 0 Å². The SMILES string of the molecule is COc1ccc(C(=O)Nc2c(N)nc(SCCN3CCCC3)[nH]c2=O)cc1OC. The van der Waals surface area contributed by atoms with E-state index in [4.69, 9.17) is 15.2 Å². The predicted octanol–water partition coefficient (Wildman–Crippen LogP) is 1.81. The normalized spacial score (nSPS) is 14.0. The third kappa shape index (κ3) is 5.21. The van der Waals surface area contributed by atoms with Crippen molar-refractivity contribution in [2.75, 3.05) is 50.7 Å². The summed E-state index contributed by atoms with van der Waals surface area (Å²) in [6.07, 6.45) is 2.47. The van der Waals surface area contributed by atoms with Crippen LogP contribution in [-0.2, 0) is 0 Å². The number of amides is 1. The molecular formula is C19H25N5O4S. The summed E-state index contributed by atoms with van der Waals surface area (Å²) >= 11 is 1.44. The average Bonchev–Trinajstić information content (AvgIpc) is 3.23. The molecule has 0 bridgehead atoms. The third-order valence-electron chi connectivity index (χ3n) is 4.65. The van der Waals surface area contributed by atoms with Gasteiger partial charge in [-0.25, -0.2) is 4.98 Å². The Morgan fingerprint density at radius 3 is 2.66 bits per heavy atom. The lowest BCUT2D eigenvalue weighted by Crippen LogP contribution is -2.24. The summed E-state index contributed by atoms with van der Waals surface area (Å²) in [6, 6.07) is 4.70. The molecule has 1 aliphatic rings. The molecule has 3 rings (SSSR count). The number of nitrogens with zero attached hydrogens (tertiary/aromatic N) is 2. The maximum Gasteiger partial charge on any atom is 0.277 e. The first kappa shape index (κ1) is 21.0. The molecule has 1 amide bonds. The summed E-state index contributed by atoms with van der Waals surface area (Å²) in [6.45, 7) is 3.17. The van der Waals surface area contributed by atoms with Gasteiger partial charge in [-0.05, 0) is 44.1 Å². The summed E-state index contributed by atoms with van der Waals surface area (Å²) in [7, 11) is 2.99. The van der Waals surface area contributed by atoms with Crippen LogP contribution in [0.1, 0.15) is 23.2 Å². The van der Waals surface area contributed by atoms with Crippen molar-refractivity contribution in [3.8, 4) is 11.5 Å². The first-order chi connectivity index (χ1) is 14.0. The van der Waals surface area contributed by atoms with Crippen molar-refractivity contribution >= 4 is 29.2 Å². The van der Waals surface area contributed by atoms with Gasteiger partial charge in [0.05, 0.1) is 14.2 Å². The van der Waals surface area contributed by atoms with Crippen LogP contribution in [0.2, 0.25) is 0 Å². The number of thioether (sulfide) groups is 1. The molecule has 0 saturated carbocycles. The van der Waals surface area contributed by atoms with E-state index >= 15 is 0 Å². The Balaban J connectivity index is 1.67. The number of nitrogens with one attached hydrogen (secondary N) is 2. The number of aromatic nitrogens is 2. The summed E-state index contributed by atoms with van der Waals surface area (Å²) in [5, 5.41) is 2.97. The quantitative estimate of drug-likeness (QED) is 0.437. The topological polar surface area (TPSA) is 123 Å². The molecule has 1 aromatic heterocycles. The lowest BCUT2D eigenvalue weighted by atomic mass is 10.2. The number of carbonyl (C=O) groups is 1. The van der Waals surface area contributed by atoms with Gasteiger partial charge in [-0.3, -0.25) is 14.6 Å². The smallest absolute Gasteiger partial charge is 0.277 e. The van der Waals surface area contributed by atoms with Gasteiger partial charge >= 0.3 is 0 Å². The standard InChI is InChI=1S/C19H25N5O4S/c1-27-13-6-5-12(11-14(13)28-2)17(25)21-15-16(20)22-19(23-18(15)26)29-10-9-24-7-3-4-8-24/h5-6,11H,3-4,7-10H2,1-2H3,(H,21,25)(H3,20,22,23,26). The molecule has 1 aliphatic heterocycles. The van der Waals surface area contributed by atoms with Gasteiger partial charge < -0.3 is 25.4 Å². The van der Waals surface area contributed by atoms with Gasteiger partial charge in [-0.1, -0.05) is 11.8 Å². The first-order valence-corrected chi connectivity index (χ1v) is 10.3. The molecule has 0 atom stereocenters. The van der Waals surface area contributed by atoms with Gasteiger partial charge in [0.15, 0.2) is 22.5 Å². The molecule has 0 unspecified atom stereocenters. The molecule has 1 aromatic carbocycles. The Kier molecular flexibility index (Phi) is 6.99. The highest BCUT2D eigenvalue weighted by Crippen LogP contribution is 2.28. The number of hydrogen-bond donors (Lipinski definition) is 3. The van der Waals surface area contributed by atoms with Crippen LogP contribution in [0.25, 0.3) is 0 Å². The van der Waals surface area contributed by atoms with Gasteiger partial charge in [-0.2, -0.15) is 0 Å². The summed E-state index contributed by atoms with van der Waals surface area (Å²) in [5.41, 5.74) is 5.66. The van der Waals surface area contributed by atoms with Crippen LogP contribution < -0.4 is 26.1 Å². The van der Waals surface area contributed by atoms with Gasteiger partial charge in [0, 0.05) is 17.9 Å². The number of nitrogen functional groups attached to an aromatic ring is 1. The molecule has 2 aromatic rings. The Morgan fingerprint density at radius 2 is 2.00 bits per heavy atom. The highest BCUT2D eigenvalue weighted by Gasteiger charge is 2.16. The van der Waals surface area contributed by atoms with Crippen molar-refractivity contribution in [1.29, 1.82) is 0 Å². The molecule has 0 aliphatic carbocycles. The number of likely N-dealkylation sites (tertiary alicyclic amines) is 1. The van der Waals surface area contributed by atoms with Crippen LogP contribution in [0.4, 0.5) is 11.5 Å². The molecule has 29 heavy (non-hydrogen) atoms. The van der Waals surface area contributed by atoms with Crippen molar-refractivity contribution in [2.45, 2.75) is 18.0 Å². The number of anilines is 2. The van der Waals surface area contributed by atoms with E-state index in [1.54, 1.807) is 12.1 Å². The molecule has 9 nitrogen and oxygen atoms in total. The highest BCUT2D eigenvalue weighted by atomic mass is 32.2. The minimum absolute atomic E-state index is 0.0220. The zero-order chi connectivity index (χ0) is 20.8. The lowest BCUT2D eigenvalue weighted by molar-refractivity contribution is 0.102. The number of methoxy groups -OCH3 is 2. The van der Waals surface area contributed by atoms with Crippen molar-refractivity contribution in [1.82, 2.24) is 14.9 Å². The summed E-state index contributed by atoms with van der Waals surface area (Å²) in [5.74, 6) is 1.19. The zero-order valence-electron chi connectivity index (χ0n) is 16.5. The number of benzene rings is 1. The summed E-state index contributed by atoms with van der Waals surface area (Å²) < 4.78 is 10.4. The average molecular weight is 420 g/mol. The van der Waals surface area contributed by atoms with Gasteiger partial charge in [0.25, 0.3) is 11.5 Å². The molecule has 4 N–H and O–H groups in total. The van der Waals surface area contributed by atoms with Crippen molar-refractivity contribution < 1.29 is 14.3 Å². The van der Waals surface area contributed by atoms with Crippen molar-refractivity contribution in [3.63, 3.8) is 0 Å². The van der Waals surface area contributed by atoms with Crippen LogP contribution in [0, 0.1) is 0 Å². The second-order valence-electron chi connectivity index (χ2n) is 6.55. The number of carbonyl (C=O) groups excluding carboxylic acids is 1. The Labute approximate surface area is 173 Å². The maximum atomic E-state index is 12.5. The number of ether oxygens (including phenoxy) is 2. The molecule has 0 spiro atoms. The van der Waals surface area contributed by atoms with E-state index in [-0.39, 0.29) is 11.5 Å². The molecular weight excluding hydrogens is 394 g/mol. The zero-order valence-corrected chi connectivity index (χ0v) is 17.3. The highest BCUT2D eigenvalue weighted by molar-refractivity contribution is 7.99. The Morgan fingerprint density at radius 1 is 1.28 bits per heavy atom. The number of aromatic amines is 1. The maximum absolute atomic E-state index is 12.5. The van der Waals surface area contributed by atoms with E-state index in [0.29, 0.717) is 22.2 Å². The summed E-state index contributed by atoms with van der Waals surface area (Å²) in [4.78, 5) is 34.2. The Hall–Kier alpha value is -2.72.